The summed E-state index contributed by atoms with van der Waals surface area (Å²) in [5.74, 6) is 1.16. The number of rotatable bonds is 7. The van der Waals surface area contributed by atoms with Gasteiger partial charge in [-0.25, -0.2) is 0 Å². The first-order valence-electron chi connectivity index (χ1n) is 18.5. The van der Waals surface area contributed by atoms with Crippen LogP contribution in [-0.4, -0.2) is 14.3 Å². The predicted molar refractivity (Wildman–Crippen MR) is 223 cm³/mol. The van der Waals surface area contributed by atoms with E-state index in [-0.39, 0.29) is 21.1 Å². The minimum atomic E-state index is 0. The van der Waals surface area contributed by atoms with Crippen LogP contribution in [0.2, 0.25) is 0 Å². The first-order chi connectivity index (χ1) is 27.0. The van der Waals surface area contributed by atoms with Crippen molar-refractivity contribution in [1.82, 2.24) is 14.3 Å². The van der Waals surface area contributed by atoms with Crippen LogP contribution in [0.1, 0.15) is 16.7 Å². The molecule has 0 unspecified atom stereocenters. The maximum atomic E-state index is 6.96. The van der Waals surface area contributed by atoms with E-state index in [1.54, 1.807) is 0 Å². The Balaban J connectivity index is 0.00000410. The van der Waals surface area contributed by atoms with Gasteiger partial charge >= 0.3 is 0 Å². The average Bonchev–Trinajstić information content (AvgIpc) is 3.94. The van der Waals surface area contributed by atoms with Gasteiger partial charge in [0.05, 0.1) is 6.20 Å². The largest absolute Gasteiger partial charge is 0.507 e. The van der Waals surface area contributed by atoms with Gasteiger partial charge < -0.3 is 19.1 Å². The van der Waals surface area contributed by atoms with Gasteiger partial charge in [-0.05, 0) is 84.4 Å². The number of anilines is 4. The van der Waals surface area contributed by atoms with E-state index in [1.165, 1.54) is 22.4 Å². The Morgan fingerprint density at radius 2 is 1.29 bits per heavy atom. The molecule has 0 fully saturated rings. The van der Waals surface area contributed by atoms with Crippen molar-refractivity contribution in [2.45, 2.75) is 20.8 Å². The van der Waals surface area contributed by atoms with Crippen LogP contribution in [0.5, 0.6) is 11.5 Å². The zero-order valence-corrected chi connectivity index (χ0v) is 33.3. The summed E-state index contributed by atoms with van der Waals surface area (Å²) in [6.07, 6.45) is 3.90. The number of para-hydroxylation sites is 4. The summed E-state index contributed by atoms with van der Waals surface area (Å²) in [6.45, 7) is 8.71. The van der Waals surface area contributed by atoms with Crippen molar-refractivity contribution < 1.29 is 25.8 Å². The van der Waals surface area contributed by atoms with Crippen LogP contribution < -0.4 is 14.5 Å². The quantitative estimate of drug-likeness (QED) is 0.149. The van der Waals surface area contributed by atoms with E-state index in [2.05, 4.69) is 162 Å². The number of ether oxygens (including phenoxy) is 1. The average molecular weight is 906 g/mol. The summed E-state index contributed by atoms with van der Waals surface area (Å²) in [4.78, 5) is 4.53. The van der Waals surface area contributed by atoms with E-state index in [9.17, 15) is 0 Å². The number of fused-ring (bicyclic) bond motifs is 4. The Morgan fingerprint density at radius 1 is 0.607 bits per heavy atom. The zero-order chi connectivity index (χ0) is 37.0. The third kappa shape index (κ3) is 6.07. The van der Waals surface area contributed by atoms with Crippen LogP contribution in [0.3, 0.4) is 0 Å². The molecule has 0 aliphatic carbocycles. The van der Waals surface area contributed by atoms with Crippen LogP contribution in [0, 0.1) is 39.6 Å². The number of nitrogens with zero attached hydrogens (tertiary/aromatic N) is 5. The fourth-order valence-corrected chi connectivity index (χ4v) is 8.04. The Labute approximate surface area is 341 Å². The monoisotopic (exact) mass is 905 g/mol. The van der Waals surface area contributed by atoms with E-state index in [4.69, 9.17) is 4.74 Å². The molecule has 7 aromatic carbocycles. The topological polar surface area (TPSA) is 38.5 Å². The summed E-state index contributed by atoms with van der Waals surface area (Å²) < 4.78 is 11.1. The number of aromatic nitrogens is 3. The molecule has 0 amide bonds. The molecule has 10 rings (SSSR count). The number of aryl methyl sites for hydroxylation is 3. The van der Waals surface area contributed by atoms with Crippen molar-refractivity contribution in [3.05, 3.63) is 193 Å². The second-order valence-electron chi connectivity index (χ2n) is 14.1. The van der Waals surface area contributed by atoms with Crippen molar-refractivity contribution in [3.63, 3.8) is 0 Å². The molecule has 0 radical (unpaired) electrons. The molecule has 0 saturated carbocycles. The first kappa shape index (κ1) is 35.3. The summed E-state index contributed by atoms with van der Waals surface area (Å²) >= 11 is 0. The van der Waals surface area contributed by atoms with Crippen molar-refractivity contribution >= 4 is 44.6 Å². The van der Waals surface area contributed by atoms with Crippen molar-refractivity contribution in [2.24, 2.45) is 0 Å². The Bertz CT molecular complexity index is 2860. The van der Waals surface area contributed by atoms with E-state index in [1.807, 2.05) is 59.5 Å². The van der Waals surface area contributed by atoms with Crippen LogP contribution in [-0.2, 0) is 21.1 Å². The fourth-order valence-electron chi connectivity index (χ4n) is 8.04. The molecule has 0 atom stereocenters. The minimum Gasteiger partial charge on any atom is -0.507 e. The van der Waals surface area contributed by atoms with Crippen molar-refractivity contribution in [2.75, 3.05) is 9.80 Å². The van der Waals surface area contributed by atoms with Gasteiger partial charge in [0.1, 0.15) is 0 Å². The van der Waals surface area contributed by atoms with E-state index in [0.29, 0.717) is 11.5 Å². The first-order valence-corrected chi connectivity index (χ1v) is 18.5. The van der Waals surface area contributed by atoms with Gasteiger partial charge in [0.2, 0.25) is 0 Å². The summed E-state index contributed by atoms with van der Waals surface area (Å²) in [5, 5.41) is 6.87. The van der Waals surface area contributed by atoms with Crippen LogP contribution in [0.25, 0.3) is 44.3 Å². The second-order valence-corrected chi connectivity index (χ2v) is 14.1. The molecular formula is C49H36N5OPt-3. The van der Waals surface area contributed by atoms with E-state index >= 15 is 0 Å². The predicted octanol–water partition coefficient (Wildman–Crippen LogP) is 12.4. The molecule has 56 heavy (non-hydrogen) atoms. The maximum absolute atomic E-state index is 6.96. The molecule has 9 aromatic rings. The third-order valence-corrected chi connectivity index (χ3v) is 10.3. The number of hydrogen-bond acceptors (Lipinski definition) is 4. The molecular weight excluding hydrogens is 870 g/mol. The molecule has 7 heteroatoms. The second kappa shape index (κ2) is 14.4. The summed E-state index contributed by atoms with van der Waals surface area (Å²) in [6, 6.07) is 57.7. The molecule has 0 N–H and O–H groups in total. The molecule has 0 saturated heterocycles. The maximum Gasteiger partial charge on any atom is 0.0571 e. The Morgan fingerprint density at radius 3 is 2.05 bits per heavy atom. The van der Waals surface area contributed by atoms with Gasteiger partial charge in [-0.15, -0.1) is 37.0 Å². The van der Waals surface area contributed by atoms with Crippen molar-refractivity contribution in [3.8, 4) is 34.0 Å². The smallest absolute Gasteiger partial charge is 0.0571 e. The van der Waals surface area contributed by atoms with Gasteiger partial charge in [0.25, 0.3) is 0 Å². The van der Waals surface area contributed by atoms with Crippen LogP contribution >= 0.6 is 0 Å². The molecule has 3 heterocycles. The molecule has 1 aliphatic heterocycles. The molecule has 0 spiro atoms. The van der Waals surface area contributed by atoms with E-state index in [0.717, 1.165) is 61.4 Å². The van der Waals surface area contributed by atoms with E-state index < -0.39 is 0 Å². The summed E-state index contributed by atoms with van der Waals surface area (Å²) in [5.41, 5.74) is 13.9. The standard InChI is InChI=1S/C49H36N5O.Pt/c1-33-25-34(2)48(35(3)26-33)52-32-51(45-23-12-13-24-46(45)52)40-28-43-42-21-10-11-22-44(42)54(38-17-8-5-9-18-38)49(43)47(29-40)55-41-20-14-19-39(27-41)53-31-37(30-50-53)36-15-6-4-7-16-36;/h4-26,28,30-32H,1-3H3;/q-3;. The van der Waals surface area contributed by atoms with Crippen LogP contribution in [0.15, 0.2) is 158 Å². The molecule has 2 aromatic heterocycles. The van der Waals surface area contributed by atoms with Gasteiger partial charge in [-0.1, -0.05) is 108 Å². The van der Waals surface area contributed by atoms with Gasteiger partial charge in [-0.3, -0.25) is 4.68 Å². The van der Waals surface area contributed by atoms with Gasteiger partial charge in [0, 0.05) is 72.6 Å². The Kier molecular flexibility index (Phi) is 9.07. The molecule has 0 bridgehead atoms. The number of hydrogen-bond donors (Lipinski definition) is 0. The molecule has 1 aliphatic rings. The molecule has 6 nitrogen and oxygen atoms in total. The van der Waals surface area contributed by atoms with Crippen LogP contribution in [0.4, 0.5) is 22.7 Å². The Hall–Kier alpha value is -6.36. The molecule has 276 valence electrons. The fraction of sp³-hybridized carbons (Fsp3) is 0.0612. The SMILES string of the molecule is Cc1cc(C)c(N2[CH-]N(c3[c-]c(Oc4[c-]c(-n5cc(-c6ccccc6)cn5)ccc4)c4c(c3)c3ccccc3n4-c3ccccc3)c3ccccc32)c(C)c1.[Pt]. The minimum absolute atomic E-state index is 0. The van der Waals surface area contributed by atoms with Gasteiger partial charge in [0.15, 0.2) is 0 Å². The third-order valence-electron chi connectivity index (χ3n) is 10.3. The summed E-state index contributed by atoms with van der Waals surface area (Å²) in [7, 11) is 0. The normalized spacial score (nSPS) is 12.3. The number of benzene rings is 7. The zero-order valence-electron chi connectivity index (χ0n) is 31.0. The van der Waals surface area contributed by atoms with Crippen molar-refractivity contribution in [1.29, 1.82) is 0 Å². The van der Waals surface area contributed by atoms with Gasteiger partial charge in [-0.2, -0.15) is 11.2 Å².